The maximum Gasteiger partial charge on any atom is 0.256 e. The first-order valence-electron chi connectivity index (χ1n) is 8.45. The van der Waals surface area contributed by atoms with Crippen molar-refractivity contribution in [3.8, 4) is 11.3 Å². The lowest BCUT2D eigenvalue weighted by Gasteiger charge is -2.04. The highest BCUT2D eigenvalue weighted by Crippen LogP contribution is 2.23. The summed E-state index contributed by atoms with van der Waals surface area (Å²) in [5.74, 6) is 0.347. The second kappa shape index (κ2) is 7.88. The van der Waals surface area contributed by atoms with E-state index in [1.807, 2.05) is 41.8 Å². The van der Waals surface area contributed by atoms with Crippen molar-refractivity contribution in [2.45, 2.75) is 6.42 Å². The summed E-state index contributed by atoms with van der Waals surface area (Å²) in [5.41, 5.74) is 3.46. The lowest BCUT2D eigenvalue weighted by atomic mass is 10.1. The normalized spacial score (nSPS) is 10.5. The number of carbonyl (C=O) groups excluding carboxylic acids is 1. The molecular formula is C21H16N4OS. The Kier molecular flexibility index (Phi) is 4.98. The fourth-order valence-electron chi connectivity index (χ4n) is 2.60. The molecule has 0 spiro atoms. The largest absolute Gasteiger partial charge is 0.307 e. The van der Waals surface area contributed by atoms with E-state index in [0.29, 0.717) is 11.4 Å². The average Bonchev–Trinajstić information content (AvgIpc) is 3.18. The van der Waals surface area contributed by atoms with E-state index < -0.39 is 0 Å². The van der Waals surface area contributed by atoms with Gasteiger partial charge < -0.3 is 5.32 Å². The van der Waals surface area contributed by atoms with Crippen LogP contribution in [0, 0.1) is 0 Å². The Bertz CT molecular complexity index is 1030. The van der Waals surface area contributed by atoms with Gasteiger partial charge in [-0.2, -0.15) is 0 Å². The van der Waals surface area contributed by atoms with Crippen molar-refractivity contribution in [1.29, 1.82) is 0 Å². The van der Waals surface area contributed by atoms with Crippen LogP contribution in [-0.2, 0) is 6.42 Å². The molecule has 0 aliphatic rings. The van der Waals surface area contributed by atoms with Gasteiger partial charge in [0.2, 0.25) is 0 Å². The van der Waals surface area contributed by atoms with Gasteiger partial charge in [-0.05, 0) is 36.4 Å². The van der Waals surface area contributed by atoms with Gasteiger partial charge in [-0.1, -0.05) is 24.3 Å². The first-order valence-corrected chi connectivity index (χ1v) is 9.33. The van der Waals surface area contributed by atoms with Gasteiger partial charge in [0.05, 0.1) is 10.7 Å². The molecule has 6 heteroatoms. The van der Waals surface area contributed by atoms with Crippen LogP contribution in [0.1, 0.15) is 21.1 Å². The molecule has 0 unspecified atom stereocenters. The number of hydrogen-bond acceptors (Lipinski definition) is 5. The summed E-state index contributed by atoms with van der Waals surface area (Å²) in [6, 6.07) is 18.7. The fourth-order valence-corrected chi connectivity index (χ4v) is 3.42. The number of thiazole rings is 1. The van der Waals surface area contributed by atoms with Crippen LogP contribution in [0.2, 0.25) is 0 Å². The van der Waals surface area contributed by atoms with Gasteiger partial charge >= 0.3 is 0 Å². The van der Waals surface area contributed by atoms with E-state index in [-0.39, 0.29) is 5.91 Å². The number of nitrogens with zero attached hydrogens (tertiary/aromatic N) is 3. The van der Waals surface area contributed by atoms with E-state index in [1.54, 1.807) is 48.0 Å². The number of nitrogens with one attached hydrogen (secondary N) is 1. The van der Waals surface area contributed by atoms with Crippen molar-refractivity contribution in [2.75, 3.05) is 5.32 Å². The number of aromatic nitrogens is 3. The number of amides is 1. The van der Waals surface area contributed by atoms with Gasteiger partial charge in [-0.3, -0.25) is 9.78 Å². The maximum atomic E-state index is 12.3. The third-order valence-electron chi connectivity index (χ3n) is 3.96. The predicted octanol–water partition coefficient (Wildman–Crippen LogP) is 4.44. The summed E-state index contributed by atoms with van der Waals surface area (Å²) >= 11 is 1.61. The first kappa shape index (κ1) is 17.1. The Balaban J connectivity index is 1.45. The zero-order chi connectivity index (χ0) is 18.5. The molecule has 1 N–H and O–H groups in total. The summed E-state index contributed by atoms with van der Waals surface area (Å²) in [4.78, 5) is 25.4. The number of benzene rings is 1. The minimum atomic E-state index is -0.186. The molecule has 3 heterocycles. The van der Waals surface area contributed by atoms with E-state index >= 15 is 0 Å². The molecule has 27 heavy (non-hydrogen) atoms. The van der Waals surface area contributed by atoms with Crippen LogP contribution < -0.4 is 5.32 Å². The number of rotatable bonds is 5. The van der Waals surface area contributed by atoms with Gasteiger partial charge in [0, 0.05) is 41.0 Å². The van der Waals surface area contributed by atoms with Crippen LogP contribution in [0.3, 0.4) is 0 Å². The predicted molar refractivity (Wildman–Crippen MR) is 107 cm³/mol. The monoisotopic (exact) mass is 372 g/mol. The van der Waals surface area contributed by atoms with E-state index in [4.69, 9.17) is 0 Å². The van der Waals surface area contributed by atoms with E-state index in [0.717, 1.165) is 28.4 Å². The molecule has 0 aliphatic heterocycles. The van der Waals surface area contributed by atoms with Crippen LogP contribution in [0.15, 0.2) is 78.4 Å². The van der Waals surface area contributed by atoms with Crippen LogP contribution in [0.5, 0.6) is 0 Å². The molecule has 0 saturated carbocycles. The zero-order valence-corrected chi connectivity index (χ0v) is 15.2. The Morgan fingerprint density at radius 1 is 0.926 bits per heavy atom. The molecule has 0 fully saturated rings. The molecule has 0 radical (unpaired) electrons. The SMILES string of the molecule is O=C(Nc1ccccn1)c1ccc(-c2csc(Cc3ccccn3)n2)cc1. The first-order chi connectivity index (χ1) is 13.3. The van der Waals surface area contributed by atoms with Crippen molar-refractivity contribution in [2.24, 2.45) is 0 Å². The molecule has 0 bridgehead atoms. The third kappa shape index (κ3) is 4.24. The molecule has 4 rings (SSSR count). The third-order valence-corrected chi connectivity index (χ3v) is 4.81. The Morgan fingerprint density at radius 3 is 2.41 bits per heavy atom. The molecule has 0 saturated heterocycles. The molecule has 0 aliphatic carbocycles. The van der Waals surface area contributed by atoms with Gasteiger partial charge in [-0.15, -0.1) is 11.3 Å². The lowest BCUT2D eigenvalue weighted by molar-refractivity contribution is 0.102. The summed E-state index contributed by atoms with van der Waals surface area (Å²) < 4.78 is 0. The van der Waals surface area contributed by atoms with Crippen molar-refractivity contribution in [3.05, 3.63) is 94.7 Å². The van der Waals surface area contributed by atoms with Gasteiger partial charge in [0.15, 0.2) is 0 Å². The quantitative estimate of drug-likeness (QED) is 0.562. The van der Waals surface area contributed by atoms with Crippen LogP contribution in [0.25, 0.3) is 11.3 Å². The Labute approximate surface area is 160 Å². The summed E-state index contributed by atoms with van der Waals surface area (Å²) in [7, 11) is 0. The highest BCUT2D eigenvalue weighted by molar-refractivity contribution is 7.10. The van der Waals surface area contributed by atoms with Crippen LogP contribution in [-0.4, -0.2) is 20.9 Å². The fraction of sp³-hybridized carbons (Fsp3) is 0.0476. The summed E-state index contributed by atoms with van der Waals surface area (Å²) in [6.07, 6.45) is 4.15. The number of pyridine rings is 2. The van der Waals surface area contributed by atoms with Gasteiger partial charge in [-0.25, -0.2) is 9.97 Å². The molecular weight excluding hydrogens is 356 g/mol. The highest BCUT2D eigenvalue weighted by Gasteiger charge is 2.09. The summed E-state index contributed by atoms with van der Waals surface area (Å²) in [5, 5.41) is 5.82. The second-order valence-electron chi connectivity index (χ2n) is 5.87. The van der Waals surface area contributed by atoms with Crippen molar-refractivity contribution in [3.63, 3.8) is 0 Å². The zero-order valence-electron chi connectivity index (χ0n) is 14.4. The number of carbonyl (C=O) groups is 1. The second-order valence-corrected chi connectivity index (χ2v) is 6.81. The van der Waals surface area contributed by atoms with Gasteiger partial charge in [0.1, 0.15) is 5.82 Å². The topological polar surface area (TPSA) is 67.8 Å². The lowest BCUT2D eigenvalue weighted by Crippen LogP contribution is -2.12. The van der Waals surface area contributed by atoms with Crippen molar-refractivity contribution < 1.29 is 4.79 Å². The van der Waals surface area contributed by atoms with Gasteiger partial charge in [0.25, 0.3) is 5.91 Å². The summed E-state index contributed by atoms with van der Waals surface area (Å²) in [6.45, 7) is 0. The Morgan fingerprint density at radius 2 is 1.70 bits per heavy atom. The smallest absolute Gasteiger partial charge is 0.256 e. The molecule has 3 aromatic heterocycles. The van der Waals surface area contributed by atoms with E-state index in [2.05, 4.69) is 20.3 Å². The Hall–Kier alpha value is -3.38. The molecule has 1 amide bonds. The standard InChI is InChI=1S/C21H16N4OS/c26-21(25-19-6-2-4-12-23-19)16-9-7-15(8-10-16)18-14-27-20(24-18)13-17-5-1-3-11-22-17/h1-12,14H,13H2,(H,23,25,26). The van der Waals surface area contributed by atoms with E-state index in [9.17, 15) is 4.79 Å². The van der Waals surface area contributed by atoms with E-state index in [1.165, 1.54) is 0 Å². The molecule has 1 aromatic carbocycles. The van der Waals surface area contributed by atoms with Crippen molar-refractivity contribution >= 4 is 23.1 Å². The average molecular weight is 372 g/mol. The molecule has 132 valence electrons. The highest BCUT2D eigenvalue weighted by atomic mass is 32.1. The van der Waals surface area contributed by atoms with Crippen LogP contribution >= 0.6 is 11.3 Å². The number of hydrogen-bond donors (Lipinski definition) is 1. The number of anilines is 1. The van der Waals surface area contributed by atoms with Crippen molar-refractivity contribution in [1.82, 2.24) is 15.0 Å². The van der Waals surface area contributed by atoms with Crippen LogP contribution in [0.4, 0.5) is 5.82 Å². The molecule has 0 atom stereocenters. The minimum absolute atomic E-state index is 0.186. The maximum absolute atomic E-state index is 12.3. The molecule has 5 nitrogen and oxygen atoms in total. The molecule has 4 aromatic rings. The minimum Gasteiger partial charge on any atom is -0.307 e.